The lowest BCUT2D eigenvalue weighted by molar-refractivity contribution is -0.120. The summed E-state index contributed by atoms with van der Waals surface area (Å²) in [5.74, 6) is 0.916. The molecule has 5 nitrogen and oxygen atoms in total. The Morgan fingerprint density at radius 2 is 1.83 bits per heavy atom. The average Bonchev–Trinajstić information content (AvgIpc) is 2.88. The summed E-state index contributed by atoms with van der Waals surface area (Å²) in [4.78, 5) is 16.7. The molecule has 1 amide bonds. The molecular formula is C17H19Cl2N3O2. The summed E-state index contributed by atoms with van der Waals surface area (Å²) in [6.45, 7) is 7.78. The summed E-state index contributed by atoms with van der Waals surface area (Å²) < 4.78 is 4.31. The lowest BCUT2D eigenvalue weighted by Crippen LogP contribution is -2.25. The number of alkyl halides is 2. The molecule has 1 atom stereocenters. The Hall–Kier alpha value is -1.59. The molecule has 0 radical (unpaired) electrons. The van der Waals surface area contributed by atoms with Crippen molar-refractivity contribution in [1.29, 1.82) is 0 Å². The predicted octanol–water partition coefficient (Wildman–Crippen LogP) is 4.56. The molecule has 128 valence electrons. The number of benzene rings is 1. The first-order chi connectivity index (χ1) is 11.0. The van der Waals surface area contributed by atoms with E-state index in [0.717, 1.165) is 5.56 Å². The van der Waals surface area contributed by atoms with Crippen LogP contribution in [-0.2, 0) is 10.2 Å². The molecule has 3 rings (SSSR count). The number of aromatic nitrogens is 2. The van der Waals surface area contributed by atoms with Crippen molar-refractivity contribution < 1.29 is 9.32 Å². The van der Waals surface area contributed by atoms with E-state index in [4.69, 9.17) is 27.7 Å². The second-order valence-electron chi connectivity index (χ2n) is 7.42. The monoisotopic (exact) mass is 367 g/mol. The molecule has 1 N–H and O–H groups in total. The van der Waals surface area contributed by atoms with Gasteiger partial charge in [-0.15, -0.1) is 23.2 Å². The van der Waals surface area contributed by atoms with Crippen LogP contribution in [0, 0.1) is 5.41 Å². The highest BCUT2D eigenvalue weighted by Crippen LogP contribution is 2.64. The highest BCUT2D eigenvalue weighted by atomic mass is 35.5. The SMILES string of the molecule is CC(C)(C)c1nc(-c2ccc(NC(=O)[C@@]3(C)CC3(Cl)Cl)cc2)no1. The van der Waals surface area contributed by atoms with Gasteiger partial charge in [0.05, 0.1) is 5.41 Å². The maximum absolute atomic E-state index is 12.3. The normalized spacial score (nSPS) is 22.2. The van der Waals surface area contributed by atoms with E-state index < -0.39 is 9.75 Å². The van der Waals surface area contributed by atoms with Crippen molar-refractivity contribution in [3.05, 3.63) is 30.2 Å². The average molecular weight is 368 g/mol. The molecule has 7 heteroatoms. The van der Waals surface area contributed by atoms with Gasteiger partial charge >= 0.3 is 0 Å². The zero-order valence-electron chi connectivity index (χ0n) is 14.0. The maximum atomic E-state index is 12.3. The number of anilines is 1. The van der Waals surface area contributed by atoms with E-state index in [9.17, 15) is 4.79 Å². The van der Waals surface area contributed by atoms with E-state index in [-0.39, 0.29) is 11.3 Å². The Labute approximate surface area is 150 Å². The summed E-state index contributed by atoms with van der Waals surface area (Å²) in [6.07, 6.45) is 0.450. The fraction of sp³-hybridized carbons (Fsp3) is 0.471. The van der Waals surface area contributed by atoms with Gasteiger partial charge in [-0.1, -0.05) is 25.9 Å². The van der Waals surface area contributed by atoms with Crippen molar-refractivity contribution in [3.8, 4) is 11.4 Å². The first-order valence-electron chi connectivity index (χ1n) is 7.67. The Morgan fingerprint density at radius 3 is 2.29 bits per heavy atom. The molecule has 2 aromatic rings. The largest absolute Gasteiger partial charge is 0.338 e. The molecule has 0 bridgehead atoms. The van der Waals surface area contributed by atoms with Crippen molar-refractivity contribution in [1.82, 2.24) is 10.1 Å². The second-order valence-corrected chi connectivity index (χ2v) is 8.90. The van der Waals surface area contributed by atoms with Gasteiger partial charge in [0, 0.05) is 16.7 Å². The first kappa shape index (κ1) is 17.2. The summed E-state index contributed by atoms with van der Waals surface area (Å²) in [5.41, 5.74) is 0.535. The molecule has 1 fully saturated rings. The Kier molecular flexibility index (Phi) is 3.92. The molecule has 0 saturated heterocycles. The van der Waals surface area contributed by atoms with E-state index in [2.05, 4.69) is 15.5 Å². The van der Waals surface area contributed by atoms with Crippen LogP contribution < -0.4 is 5.32 Å². The molecule has 1 aromatic carbocycles. The number of carbonyl (C=O) groups is 1. The van der Waals surface area contributed by atoms with E-state index >= 15 is 0 Å². The molecule has 24 heavy (non-hydrogen) atoms. The van der Waals surface area contributed by atoms with Crippen LogP contribution in [0.5, 0.6) is 0 Å². The number of amides is 1. The van der Waals surface area contributed by atoms with Crippen LogP contribution in [0.25, 0.3) is 11.4 Å². The van der Waals surface area contributed by atoms with Crippen LogP contribution in [0.1, 0.15) is 40.0 Å². The van der Waals surface area contributed by atoms with Crippen LogP contribution in [0.3, 0.4) is 0 Å². The van der Waals surface area contributed by atoms with Crippen LogP contribution >= 0.6 is 23.2 Å². The number of nitrogens with one attached hydrogen (secondary N) is 1. The summed E-state index contributed by atoms with van der Waals surface area (Å²) in [7, 11) is 0. The van der Waals surface area contributed by atoms with Gasteiger partial charge < -0.3 is 9.84 Å². The highest BCUT2D eigenvalue weighted by Gasteiger charge is 2.67. The van der Waals surface area contributed by atoms with E-state index in [0.29, 0.717) is 23.8 Å². The predicted molar refractivity (Wildman–Crippen MR) is 94.2 cm³/mol. The number of hydrogen-bond donors (Lipinski definition) is 1. The van der Waals surface area contributed by atoms with Crippen LogP contribution in [0.4, 0.5) is 5.69 Å². The Balaban J connectivity index is 1.72. The summed E-state index contributed by atoms with van der Waals surface area (Å²) in [5, 5.41) is 6.84. The van der Waals surface area contributed by atoms with Crippen molar-refractivity contribution in [2.75, 3.05) is 5.32 Å². The minimum Gasteiger partial charge on any atom is -0.338 e. The molecule has 1 aromatic heterocycles. The lowest BCUT2D eigenvalue weighted by atomic mass is 9.97. The van der Waals surface area contributed by atoms with Gasteiger partial charge in [0.1, 0.15) is 4.33 Å². The van der Waals surface area contributed by atoms with Gasteiger partial charge in [-0.2, -0.15) is 4.98 Å². The number of halogens is 2. The fourth-order valence-electron chi connectivity index (χ4n) is 2.26. The van der Waals surface area contributed by atoms with Crippen LogP contribution in [0.2, 0.25) is 0 Å². The molecule has 1 aliphatic rings. The number of nitrogens with zero attached hydrogens (tertiary/aromatic N) is 2. The topological polar surface area (TPSA) is 68.0 Å². The van der Waals surface area contributed by atoms with Crippen LogP contribution in [-0.4, -0.2) is 20.4 Å². The number of hydrogen-bond acceptors (Lipinski definition) is 4. The minimum atomic E-state index is -0.981. The van der Waals surface area contributed by atoms with Gasteiger partial charge in [0.2, 0.25) is 17.6 Å². The maximum Gasteiger partial charge on any atom is 0.233 e. The second kappa shape index (κ2) is 5.46. The van der Waals surface area contributed by atoms with Crippen molar-refractivity contribution in [3.63, 3.8) is 0 Å². The van der Waals surface area contributed by atoms with Gasteiger partial charge in [0.15, 0.2) is 0 Å². The van der Waals surface area contributed by atoms with Gasteiger partial charge in [-0.3, -0.25) is 4.79 Å². The van der Waals surface area contributed by atoms with Crippen molar-refractivity contribution in [2.45, 2.75) is 43.9 Å². The van der Waals surface area contributed by atoms with Crippen molar-refractivity contribution >= 4 is 34.8 Å². The van der Waals surface area contributed by atoms with Gasteiger partial charge in [-0.25, -0.2) is 0 Å². The lowest BCUT2D eigenvalue weighted by Gasteiger charge is -2.12. The zero-order chi connectivity index (χ0) is 17.8. The molecule has 0 spiro atoms. The minimum absolute atomic E-state index is 0.185. The smallest absolute Gasteiger partial charge is 0.233 e. The van der Waals surface area contributed by atoms with Gasteiger partial charge in [0.25, 0.3) is 0 Å². The molecule has 0 unspecified atom stereocenters. The summed E-state index contributed by atoms with van der Waals surface area (Å²) >= 11 is 12.1. The Morgan fingerprint density at radius 1 is 1.25 bits per heavy atom. The van der Waals surface area contributed by atoms with E-state index in [1.807, 2.05) is 32.9 Å². The molecule has 1 aliphatic carbocycles. The summed E-state index contributed by atoms with van der Waals surface area (Å²) in [6, 6.07) is 7.24. The third-order valence-corrected chi connectivity index (χ3v) is 5.33. The van der Waals surface area contributed by atoms with E-state index in [1.54, 1.807) is 19.1 Å². The molecular weight excluding hydrogens is 349 g/mol. The Bertz CT molecular complexity index is 778. The number of rotatable bonds is 3. The van der Waals surface area contributed by atoms with E-state index in [1.165, 1.54) is 0 Å². The quantitative estimate of drug-likeness (QED) is 0.807. The number of carbonyl (C=O) groups excluding carboxylic acids is 1. The van der Waals surface area contributed by atoms with Crippen LogP contribution in [0.15, 0.2) is 28.8 Å². The molecule has 1 saturated carbocycles. The molecule has 1 heterocycles. The third-order valence-electron chi connectivity index (χ3n) is 4.23. The first-order valence-corrected chi connectivity index (χ1v) is 8.42. The highest BCUT2D eigenvalue weighted by molar-refractivity contribution is 6.53. The third kappa shape index (κ3) is 3.03. The molecule has 0 aliphatic heterocycles. The standard InChI is InChI=1S/C17H19Cl2N3O2/c1-15(2,3)14-21-12(22-24-14)10-5-7-11(8-6-10)20-13(23)16(4)9-17(16,18)19/h5-8H,9H2,1-4H3,(H,20,23)/t16-/m1/s1. The van der Waals surface area contributed by atoms with Gasteiger partial charge in [-0.05, 0) is 37.6 Å². The zero-order valence-corrected chi connectivity index (χ0v) is 15.5. The fourth-order valence-corrected chi connectivity index (χ4v) is 2.97. The van der Waals surface area contributed by atoms with Crippen molar-refractivity contribution in [2.24, 2.45) is 5.41 Å².